The van der Waals surface area contributed by atoms with Crippen LogP contribution in [-0.4, -0.2) is 19.4 Å². The highest BCUT2D eigenvalue weighted by Gasteiger charge is 2.21. The monoisotopic (exact) mass is 618 g/mol. The van der Waals surface area contributed by atoms with Gasteiger partial charge in [0.25, 0.3) is 0 Å². The first-order valence-electron chi connectivity index (χ1n) is 15.8. The van der Waals surface area contributed by atoms with Crippen LogP contribution >= 0.6 is 11.6 Å². The highest BCUT2D eigenvalue weighted by atomic mass is 35.5. The van der Waals surface area contributed by atoms with Gasteiger partial charge in [-0.3, -0.25) is 0 Å². The molecule has 0 aliphatic rings. The first-order valence-corrected chi connectivity index (χ1v) is 16.2. The molecule has 0 unspecified atom stereocenters. The highest BCUT2D eigenvalue weighted by Crippen LogP contribution is 2.45. The first-order chi connectivity index (χ1) is 23.2. The van der Waals surface area contributed by atoms with Gasteiger partial charge in [-0.15, -0.1) is 0 Å². The van der Waals surface area contributed by atoms with E-state index in [1.54, 1.807) is 0 Å². The Kier molecular flexibility index (Phi) is 4.87. The number of nitrogens with one attached hydrogen (secondary N) is 1. The summed E-state index contributed by atoms with van der Waals surface area (Å²) in [4.78, 5) is 13.5. The Balaban J connectivity index is 1.10. The quantitative estimate of drug-likeness (QED) is 0.196. The number of para-hydroxylation sites is 2. The largest absolute Gasteiger partial charge is 0.354 e. The number of hydrogen-bond donors (Lipinski definition) is 1. The topological polar surface area (TPSA) is 46.0 Å². The summed E-state index contributed by atoms with van der Waals surface area (Å²) in [7, 11) is 0. The Morgan fingerprint density at radius 1 is 0.511 bits per heavy atom. The van der Waals surface area contributed by atoms with E-state index in [4.69, 9.17) is 21.6 Å². The van der Waals surface area contributed by atoms with Crippen LogP contribution in [-0.2, 0) is 0 Å². The molecule has 47 heavy (non-hydrogen) atoms. The maximum atomic E-state index is 6.86. The zero-order valence-electron chi connectivity index (χ0n) is 24.9. The van der Waals surface area contributed by atoms with E-state index in [1.807, 2.05) is 12.1 Å². The number of rotatable bonds is 2. The zero-order valence-corrected chi connectivity index (χ0v) is 25.7. The summed E-state index contributed by atoms with van der Waals surface area (Å²) in [6, 6.07) is 47.4. The van der Waals surface area contributed by atoms with Gasteiger partial charge in [-0.05, 0) is 70.4 Å². The lowest BCUT2D eigenvalue weighted by atomic mass is 9.99. The minimum Gasteiger partial charge on any atom is -0.354 e. The molecule has 0 fully saturated rings. The van der Waals surface area contributed by atoms with Crippen LogP contribution in [0.5, 0.6) is 0 Å². The molecule has 0 saturated heterocycles. The average molecular weight is 619 g/mol. The summed E-state index contributed by atoms with van der Waals surface area (Å²) in [6.45, 7) is 0. The minimum absolute atomic E-state index is 0.452. The van der Waals surface area contributed by atoms with Crippen molar-refractivity contribution in [1.82, 2.24) is 19.4 Å². The number of benzene rings is 7. The fraction of sp³-hybridized carbons (Fsp3) is 0. The third-order valence-electron chi connectivity index (χ3n) is 9.93. The molecule has 0 aliphatic carbocycles. The van der Waals surface area contributed by atoms with Crippen LogP contribution in [0.25, 0.3) is 104 Å². The van der Waals surface area contributed by atoms with Gasteiger partial charge in [0.1, 0.15) is 5.15 Å². The van der Waals surface area contributed by atoms with E-state index in [2.05, 4.69) is 131 Å². The van der Waals surface area contributed by atoms with Gasteiger partial charge in [0.05, 0.1) is 27.6 Å². The highest BCUT2D eigenvalue weighted by molar-refractivity contribution is 6.35. The van der Waals surface area contributed by atoms with E-state index in [-0.39, 0.29) is 0 Å². The molecule has 11 aromatic rings. The number of fused-ring (bicyclic) bond motifs is 12. The summed E-state index contributed by atoms with van der Waals surface area (Å²) in [5.41, 5.74) is 10.0. The number of nitrogens with zero attached hydrogens (tertiary/aromatic N) is 3. The van der Waals surface area contributed by atoms with Gasteiger partial charge in [0.2, 0.25) is 0 Å². The molecule has 0 radical (unpaired) electrons. The molecule has 0 aliphatic heterocycles. The molecule has 0 spiro atoms. The van der Waals surface area contributed by atoms with Crippen molar-refractivity contribution in [3.8, 4) is 22.5 Å². The van der Waals surface area contributed by atoms with Crippen molar-refractivity contribution in [2.45, 2.75) is 0 Å². The van der Waals surface area contributed by atoms with Gasteiger partial charge < -0.3 is 9.38 Å². The molecule has 4 heterocycles. The Labute approximate surface area is 272 Å². The second-order valence-corrected chi connectivity index (χ2v) is 12.8. The molecule has 1 N–H and O–H groups in total. The predicted octanol–water partition coefficient (Wildman–Crippen LogP) is 11.6. The van der Waals surface area contributed by atoms with Gasteiger partial charge in [-0.1, -0.05) is 96.5 Å². The van der Waals surface area contributed by atoms with Gasteiger partial charge in [-0.25, -0.2) is 9.97 Å². The van der Waals surface area contributed by atoms with E-state index < -0.39 is 0 Å². The van der Waals surface area contributed by atoms with E-state index >= 15 is 0 Å². The van der Waals surface area contributed by atoms with Gasteiger partial charge in [0, 0.05) is 48.8 Å². The van der Waals surface area contributed by atoms with Crippen molar-refractivity contribution < 1.29 is 0 Å². The number of H-pyrrole nitrogens is 1. The first kappa shape index (κ1) is 25.2. The van der Waals surface area contributed by atoms with Crippen molar-refractivity contribution >= 4 is 93.2 Å². The third kappa shape index (κ3) is 3.42. The molecule has 0 saturated carbocycles. The lowest BCUT2D eigenvalue weighted by molar-refractivity contribution is 1.23. The maximum absolute atomic E-state index is 6.86. The molecule has 0 atom stereocenters. The summed E-state index contributed by atoms with van der Waals surface area (Å²) in [6.07, 6.45) is 0. The normalized spacial score (nSPS) is 12.4. The standard InChI is InChI=1S/C42H23ClN4/c43-41-33-21-26(16-18-35(33)45-42(46-41)27-14-13-23-7-1-2-8-24(23)19-27)25-15-17-34-30(20-25)31-22-32-28-9-3-5-11-36(28)47-37-12-6-4-10-29(37)38(40(32)47)39(31)44-34/h1-22,44H. The Hall–Kier alpha value is -5.97. The minimum atomic E-state index is 0.452. The molecule has 0 amide bonds. The molecule has 0 bridgehead atoms. The van der Waals surface area contributed by atoms with Crippen molar-refractivity contribution in [1.29, 1.82) is 0 Å². The van der Waals surface area contributed by atoms with Crippen molar-refractivity contribution in [3.05, 3.63) is 139 Å². The molecular formula is C42H23ClN4. The summed E-state index contributed by atoms with van der Waals surface area (Å²) < 4.78 is 2.43. The Morgan fingerprint density at radius 2 is 1.21 bits per heavy atom. The van der Waals surface area contributed by atoms with Gasteiger partial charge in [0.15, 0.2) is 5.82 Å². The molecule has 7 aromatic carbocycles. The average Bonchev–Trinajstić information content (AvgIpc) is 3.77. The van der Waals surface area contributed by atoms with Gasteiger partial charge in [-0.2, -0.15) is 0 Å². The van der Waals surface area contributed by atoms with E-state index in [0.29, 0.717) is 11.0 Å². The van der Waals surface area contributed by atoms with E-state index in [0.717, 1.165) is 38.5 Å². The predicted molar refractivity (Wildman–Crippen MR) is 197 cm³/mol. The number of hydrogen-bond acceptors (Lipinski definition) is 2. The summed E-state index contributed by atoms with van der Waals surface area (Å²) in [5, 5.41) is 11.2. The summed E-state index contributed by atoms with van der Waals surface area (Å²) >= 11 is 6.86. The second kappa shape index (κ2) is 9.06. The molecular weight excluding hydrogens is 596 g/mol. The SMILES string of the molecule is Clc1nc(-c2ccc3ccccc3c2)nc2ccc(-c3ccc4[nH]c5c(cc6c7ccccc7n7c8ccccc8c5c67)c4c3)cc12. The lowest BCUT2D eigenvalue weighted by Crippen LogP contribution is -1.92. The molecule has 4 aromatic heterocycles. The van der Waals surface area contributed by atoms with Crippen LogP contribution in [0.4, 0.5) is 0 Å². The third-order valence-corrected chi connectivity index (χ3v) is 10.2. The number of aromatic amines is 1. The van der Waals surface area contributed by atoms with E-state index in [1.165, 1.54) is 59.8 Å². The fourth-order valence-corrected chi connectivity index (χ4v) is 8.01. The molecule has 5 heteroatoms. The van der Waals surface area contributed by atoms with Crippen LogP contribution in [0.1, 0.15) is 0 Å². The number of halogens is 1. The lowest BCUT2D eigenvalue weighted by Gasteiger charge is -2.08. The Morgan fingerprint density at radius 3 is 2.09 bits per heavy atom. The van der Waals surface area contributed by atoms with Crippen LogP contribution in [0.2, 0.25) is 5.15 Å². The van der Waals surface area contributed by atoms with Crippen molar-refractivity contribution in [3.63, 3.8) is 0 Å². The smallest absolute Gasteiger partial charge is 0.161 e. The molecule has 4 nitrogen and oxygen atoms in total. The molecule has 11 rings (SSSR count). The molecule has 218 valence electrons. The Bertz CT molecular complexity index is 3090. The van der Waals surface area contributed by atoms with Crippen molar-refractivity contribution in [2.24, 2.45) is 0 Å². The summed E-state index contributed by atoms with van der Waals surface area (Å²) in [5.74, 6) is 0.628. The fourth-order valence-electron chi connectivity index (χ4n) is 7.78. The second-order valence-electron chi connectivity index (χ2n) is 12.5. The van der Waals surface area contributed by atoms with Crippen LogP contribution < -0.4 is 0 Å². The van der Waals surface area contributed by atoms with E-state index in [9.17, 15) is 0 Å². The number of aromatic nitrogens is 4. The van der Waals surface area contributed by atoms with Crippen LogP contribution in [0, 0.1) is 0 Å². The zero-order chi connectivity index (χ0) is 30.8. The van der Waals surface area contributed by atoms with Crippen molar-refractivity contribution in [2.75, 3.05) is 0 Å². The van der Waals surface area contributed by atoms with Crippen LogP contribution in [0.15, 0.2) is 133 Å². The van der Waals surface area contributed by atoms with Gasteiger partial charge >= 0.3 is 0 Å². The maximum Gasteiger partial charge on any atom is 0.161 e. The van der Waals surface area contributed by atoms with Crippen LogP contribution in [0.3, 0.4) is 0 Å².